The summed E-state index contributed by atoms with van der Waals surface area (Å²) >= 11 is 0. The number of ketones is 1. The van der Waals surface area contributed by atoms with Crippen LogP contribution in [-0.2, 0) is 6.42 Å². The molecule has 0 unspecified atom stereocenters. The summed E-state index contributed by atoms with van der Waals surface area (Å²) in [6.45, 7) is 5.97. The molecule has 1 aromatic rings. The molecule has 0 N–H and O–H groups in total. The smallest absolute Gasteiger partial charge is 0.162 e. The van der Waals surface area contributed by atoms with Crippen molar-refractivity contribution in [2.24, 2.45) is 0 Å². The van der Waals surface area contributed by atoms with Gasteiger partial charge in [-0.05, 0) is 57.3 Å². The fourth-order valence-corrected chi connectivity index (χ4v) is 3.27. The van der Waals surface area contributed by atoms with Crippen molar-refractivity contribution in [1.82, 2.24) is 4.90 Å². The summed E-state index contributed by atoms with van der Waals surface area (Å²) in [4.78, 5) is 14.7. The Labute approximate surface area is 135 Å². The number of likely N-dealkylation sites (tertiary alicyclic amines) is 1. The Bertz CT molecular complexity index is 432. The first-order chi connectivity index (χ1) is 10.8. The lowest BCUT2D eigenvalue weighted by Gasteiger charge is -2.26. The highest BCUT2D eigenvalue weighted by atomic mass is 16.1. The van der Waals surface area contributed by atoms with Gasteiger partial charge in [-0.2, -0.15) is 0 Å². The molecule has 2 heteroatoms. The maximum Gasteiger partial charge on any atom is 0.162 e. The van der Waals surface area contributed by atoms with Gasteiger partial charge < -0.3 is 4.90 Å². The Hall–Kier alpha value is -1.15. The predicted molar refractivity (Wildman–Crippen MR) is 93.5 cm³/mol. The Kier molecular flexibility index (Phi) is 7.65. The fraction of sp³-hybridized carbons (Fsp3) is 0.650. The van der Waals surface area contributed by atoms with Crippen LogP contribution in [0.2, 0.25) is 0 Å². The van der Waals surface area contributed by atoms with Crippen LogP contribution in [0.5, 0.6) is 0 Å². The molecule has 1 saturated heterocycles. The molecular formula is C20H31NO. The molecule has 0 atom stereocenters. The highest BCUT2D eigenvalue weighted by Gasteiger charge is 2.09. The van der Waals surface area contributed by atoms with Gasteiger partial charge in [0.05, 0.1) is 0 Å². The van der Waals surface area contributed by atoms with E-state index in [-0.39, 0.29) is 0 Å². The molecule has 0 radical (unpaired) electrons. The third kappa shape index (κ3) is 5.92. The standard InChI is InChI=1S/C20H31NO/c1-2-9-18-11-13-19(14-12-18)20(22)10-5-3-6-15-21-16-7-4-8-17-21/h11-14H,2-10,15-17H2,1H3. The molecule has 2 rings (SSSR count). The van der Waals surface area contributed by atoms with Crippen molar-refractivity contribution in [2.75, 3.05) is 19.6 Å². The predicted octanol–water partition coefficient (Wildman–Crippen LogP) is 4.87. The second kappa shape index (κ2) is 9.78. The molecule has 0 saturated carbocycles. The van der Waals surface area contributed by atoms with Crippen molar-refractivity contribution in [1.29, 1.82) is 0 Å². The number of carbonyl (C=O) groups excluding carboxylic acids is 1. The molecule has 0 aromatic heterocycles. The second-order valence-electron chi connectivity index (χ2n) is 6.58. The minimum atomic E-state index is 0.307. The molecule has 22 heavy (non-hydrogen) atoms. The van der Waals surface area contributed by atoms with Crippen LogP contribution in [0.3, 0.4) is 0 Å². The summed E-state index contributed by atoms with van der Waals surface area (Å²) in [5.41, 5.74) is 2.22. The highest BCUT2D eigenvalue weighted by Crippen LogP contribution is 2.13. The van der Waals surface area contributed by atoms with Gasteiger partial charge in [-0.1, -0.05) is 50.5 Å². The Morgan fingerprint density at radius 3 is 2.41 bits per heavy atom. The third-order valence-corrected chi connectivity index (χ3v) is 4.64. The number of benzene rings is 1. The maximum absolute atomic E-state index is 12.2. The van der Waals surface area contributed by atoms with Crippen LogP contribution in [0.25, 0.3) is 0 Å². The molecule has 0 bridgehead atoms. The summed E-state index contributed by atoms with van der Waals surface area (Å²) in [7, 11) is 0. The van der Waals surface area contributed by atoms with E-state index in [1.54, 1.807) is 0 Å². The van der Waals surface area contributed by atoms with Crippen molar-refractivity contribution in [2.45, 2.75) is 64.7 Å². The van der Waals surface area contributed by atoms with Gasteiger partial charge in [0.25, 0.3) is 0 Å². The number of rotatable bonds is 9. The molecule has 122 valence electrons. The van der Waals surface area contributed by atoms with Gasteiger partial charge in [0.1, 0.15) is 0 Å². The normalized spacial score (nSPS) is 15.9. The van der Waals surface area contributed by atoms with Crippen molar-refractivity contribution < 1.29 is 4.79 Å². The molecule has 0 amide bonds. The second-order valence-corrected chi connectivity index (χ2v) is 6.58. The Balaban J connectivity index is 1.60. The van der Waals surface area contributed by atoms with Crippen molar-refractivity contribution in [3.05, 3.63) is 35.4 Å². The largest absolute Gasteiger partial charge is 0.303 e. The lowest BCUT2D eigenvalue weighted by Crippen LogP contribution is -2.30. The first-order valence-corrected chi connectivity index (χ1v) is 9.14. The molecule has 1 aromatic carbocycles. The van der Waals surface area contributed by atoms with E-state index in [0.717, 1.165) is 24.8 Å². The van der Waals surface area contributed by atoms with Crippen LogP contribution in [0.1, 0.15) is 74.2 Å². The SMILES string of the molecule is CCCc1ccc(C(=O)CCCCCN2CCCCC2)cc1. The van der Waals surface area contributed by atoms with E-state index in [1.165, 1.54) is 57.3 Å². The van der Waals surface area contributed by atoms with Crippen LogP contribution >= 0.6 is 0 Å². The number of piperidine rings is 1. The first kappa shape index (κ1) is 17.2. The molecule has 1 aliphatic rings. The van der Waals surface area contributed by atoms with Crippen molar-refractivity contribution in [3.63, 3.8) is 0 Å². The molecule has 1 aliphatic heterocycles. The lowest BCUT2D eigenvalue weighted by atomic mass is 10.0. The van der Waals surface area contributed by atoms with Gasteiger partial charge in [0.2, 0.25) is 0 Å². The monoisotopic (exact) mass is 301 g/mol. The van der Waals surface area contributed by atoms with Crippen molar-refractivity contribution in [3.8, 4) is 0 Å². The Morgan fingerprint density at radius 2 is 1.73 bits per heavy atom. The summed E-state index contributed by atoms with van der Waals surface area (Å²) in [5, 5.41) is 0. The van der Waals surface area contributed by atoms with E-state index < -0.39 is 0 Å². The molecule has 0 spiro atoms. The number of unbranched alkanes of at least 4 members (excludes halogenated alkanes) is 2. The molecule has 1 heterocycles. The number of hydrogen-bond donors (Lipinski definition) is 0. The van der Waals surface area contributed by atoms with Gasteiger partial charge in [-0.15, -0.1) is 0 Å². The topological polar surface area (TPSA) is 20.3 Å². The number of aryl methyl sites for hydroxylation is 1. The lowest BCUT2D eigenvalue weighted by molar-refractivity contribution is 0.0978. The minimum absolute atomic E-state index is 0.307. The van der Waals surface area contributed by atoms with E-state index in [0.29, 0.717) is 12.2 Å². The average molecular weight is 301 g/mol. The number of nitrogens with zero attached hydrogens (tertiary/aromatic N) is 1. The Morgan fingerprint density at radius 1 is 1.00 bits per heavy atom. The van der Waals surface area contributed by atoms with E-state index >= 15 is 0 Å². The first-order valence-electron chi connectivity index (χ1n) is 9.14. The van der Waals surface area contributed by atoms with Crippen LogP contribution < -0.4 is 0 Å². The van der Waals surface area contributed by atoms with Gasteiger partial charge in [-0.3, -0.25) is 4.79 Å². The van der Waals surface area contributed by atoms with E-state index in [9.17, 15) is 4.79 Å². The summed E-state index contributed by atoms with van der Waals surface area (Å²) in [6, 6.07) is 8.21. The average Bonchev–Trinajstić information content (AvgIpc) is 2.56. The van der Waals surface area contributed by atoms with E-state index in [2.05, 4.69) is 24.0 Å². The van der Waals surface area contributed by atoms with Crippen LogP contribution in [0.15, 0.2) is 24.3 Å². The number of hydrogen-bond acceptors (Lipinski definition) is 2. The summed E-state index contributed by atoms with van der Waals surface area (Å²) < 4.78 is 0. The third-order valence-electron chi connectivity index (χ3n) is 4.64. The minimum Gasteiger partial charge on any atom is -0.303 e. The zero-order chi connectivity index (χ0) is 15.6. The highest BCUT2D eigenvalue weighted by molar-refractivity contribution is 5.96. The quantitative estimate of drug-likeness (QED) is 0.479. The van der Waals surface area contributed by atoms with Gasteiger partial charge >= 0.3 is 0 Å². The van der Waals surface area contributed by atoms with Gasteiger partial charge in [0, 0.05) is 12.0 Å². The van der Waals surface area contributed by atoms with Crippen molar-refractivity contribution >= 4 is 5.78 Å². The summed E-state index contributed by atoms with van der Waals surface area (Å²) in [5.74, 6) is 0.307. The molecule has 2 nitrogen and oxygen atoms in total. The summed E-state index contributed by atoms with van der Waals surface area (Å²) in [6.07, 6.45) is 10.5. The maximum atomic E-state index is 12.2. The fourth-order valence-electron chi connectivity index (χ4n) is 3.27. The van der Waals surface area contributed by atoms with Gasteiger partial charge in [0.15, 0.2) is 5.78 Å². The van der Waals surface area contributed by atoms with Crippen LogP contribution in [0.4, 0.5) is 0 Å². The van der Waals surface area contributed by atoms with Gasteiger partial charge in [-0.25, -0.2) is 0 Å². The molecule has 1 fully saturated rings. The zero-order valence-electron chi connectivity index (χ0n) is 14.2. The molecule has 0 aliphatic carbocycles. The van der Waals surface area contributed by atoms with E-state index in [1.807, 2.05) is 12.1 Å². The number of Topliss-reactive ketones (excluding diaryl/α,β-unsaturated/α-hetero) is 1. The number of carbonyl (C=O) groups is 1. The zero-order valence-corrected chi connectivity index (χ0v) is 14.2. The van der Waals surface area contributed by atoms with Crippen LogP contribution in [-0.4, -0.2) is 30.3 Å². The van der Waals surface area contributed by atoms with E-state index in [4.69, 9.17) is 0 Å². The van der Waals surface area contributed by atoms with Crippen LogP contribution in [0, 0.1) is 0 Å². The molecular weight excluding hydrogens is 270 g/mol.